The van der Waals surface area contributed by atoms with Crippen LogP contribution >= 0.6 is 0 Å². The molecule has 0 saturated carbocycles. The molecule has 3 rings (SSSR count). The summed E-state index contributed by atoms with van der Waals surface area (Å²) in [6.45, 7) is 3.63. The lowest BCUT2D eigenvalue weighted by Gasteiger charge is -2.07. The maximum Gasteiger partial charge on any atom is 0.338 e. The fourth-order valence-electron chi connectivity index (χ4n) is 2.95. The normalized spacial score (nSPS) is 10.9. The third-order valence-corrected chi connectivity index (χ3v) is 4.63. The number of carbonyl (C=O) groups is 2. The Morgan fingerprint density at radius 1 is 1.18 bits per heavy atom. The standard InChI is InChI=1S/C24H19N3O6/c1-3-32-24(29)17-6-4-16(5-7-17)22-11-9-20(33-22)13-18(14-25)23(28)26-21-10-8-19(27(30)31)12-15(21)2/h4-13H,3H2,1-2H3,(H,26,28)/b18-13+. The van der Waals surface area contributed by atoms with Crippen LogP contribution in [-0.4, -0.2) is 23.4 Å². The van der Waals surface area contributed by atoms with Gasteiger partial charge in [-0.25, -0.2) is 4.79 Å². The Morgan fingerprint density at radius 3 is 2.52 bits per heavy atom. The van der Waals surface area contributed by atoms with Crippen LogP contribution in [0.15, 0.2) is 64.6 Å². The minimum Gasteiger partial charge on any atom is -0.462 e. The van der Waals surface area contributed by atoms with Gasteiger partial charge in [0.05, 0.1) is 17.1 Å². The molecule has 0 spiro atoms. The number of furan rings is 1. The maximum atomic E-state index is 12.5. The lowest BCUT2D eigenvalue weighted by atomic mass is 10.1. The number of nitro benzene ring substituents is 1. The Kier molecular flexibility index (Phi) is 7.00. The van der Waals surface area contributed by atoms with Gasteiger partial charge in [0.2, 0.25) is 0 Å². The highest BCUT2D eigenvalue weighted by Crippen LogP contribution is 2.25. The zero-order valence-electron chi connectivity index (χ0n) is 17.8. The Hall–Kier alpha value is -4.71. The van der Waals surface area contributed by atoms with E-state index >= 15 is 0 Å². The monoisotopic (exact) mass is 445 g/mol. The Balaban J connectivity index is 1.76. The van der Waals surface area contributed by atoms with E-state index in [0.29, 0.717) is 28.1 Å². The summed E-state index contributed by atoms with van der Waals surface area (Å²) in [6.07, 6.45) is 1.30. The van der Waals surface area contributed by atoms with Crippen LogP contribution < -0.4 is 5.32 Å². The Labute approximate surface area is 189 Å². The number of nitrogens with zero attached hydrogens (tertiary/aromatic N) is 2. The molecule has 0 aliphatic heterocycles. The number of carbonyl (C=O) groups excluding carboxylic acids is 2. The number of esters is 1. The number of nitriles is 1. The van der Waals surface area contributed by atoms with Crippen molar-refractivity contribution in [1.82, 2.24) is 0 Å². The molecule has 1 N–H and O–H groups in total. The zero-order valence-corrected chi connectivity index (χ0v) is 17.8. The first-order valence-corrected chi connectivity index (χ1v) is 9.88. The van der Waals surface area contributed by atoms with Crippen molar-refractivity contribution in [2.45, 2.75) is 13.8 Å². The summed E-state index contributed by atoms with van der Waals surface area (Å²) in [5.74, 6) is -0.321. The molecule has 9 heteroatoms. The van der Waals surface area contributed by atoms with Gasteiger partial charge in [-0.05, 0) is 49.7 Å². The van der Waals surface area contributed by atoms with Crippen molar-refractivity contribution in [2.75, 3.05) is 11.9 Å². The summed E-state index contributed by atoms with van der Waals surface area (Å²) >= 11 is 0. The van der Waals surface area contributed by atoms with Crippen LogP contribution in [0.3, 0.4) is 0 Å². The molecule has 9 nitrogen and oxygen atoms in total. The summed E-state index contributed by atoms with van der Waals surface area (Å²) in [4.78, 5) is 34.6. The number of aryl methyl sites for hydroxylation is 1. The highest BCUT2D eigenvalue weighted by atomic mass is 16.6. The van der Waals surface area contributed by atoms with Gasteiger partial charge in [0, 0.05) is 29.5 Å². The van der Waals surface area contributed by atoms with Gasteiger partial charge in [-0.15, -0.1) is 0 Å². The number of amides is 1. The van der Waals surface area contributed by atoms with Crippen LogP contribution in [0.1, 0.15) is 28.6 Å². The highest BCUT2D eigenvalue weighted by molar-refractivity contribution is 6.09. The number of anilines is 1. The van der Waals surface area contributed by atoms with E-state index in [2.05, 4.69) is 5.32 Å². The second kappa shape index (κ2) is 10.1. The minimum atomic E-state index is -0.675. The summed E-state index contributed by atoms with van der Waals surface area (Å²) in [5.41, 5.74) is 1.66. The van der Waals surface area contributed by atoms with Crippen LogP contribution in [0.2, 0.25) is 0 Å². The van der Waals surface area contributed by atoms with Crippen LogP contribution in [0.4, 0.5) is 11.4 Å². The lowest BCUT2D eigenvalue weighted by Crippen LogP contribution is -2.14. The van der Waals surface area contributed by atoms with Gasteiger partial charge in [0.1, 0.15) is 23.2 Å². The summed E-state index contributed by atoms with van der Waals surface area (Å²) in [5, 5.41) is 22.9. The van der Waals surface area contributed by atoms with Crippen molar-refractivity contribution in [3.63, 3.8) is 0 Å². The van der Waals surface area contributed by atoms with Gasteiger partial charge in [-0.1, -0.05) is 12.1 Å². The van der Waals surface area contributed by atoms with Crippen molar-refractivity contribution < 1.29 is 23.7 Å². The van der Waals surface area contributed by atoms with Crippen LogP contribution in [0.25, 0.3) is 17.4 Å². The zero-order chi connectivity index (χ0) is 24.0. The number of hydrogen-bond acceptors (Lipinski definition) is 7. The molecule has 2 aromatic carbocycles. The SMILES string of the molecule is CCOC(=O)c1ccc(-c2ccc(/C=C(\C#N)C(=O)Nc3ccc([N+](=O)[O-])cc3C)o2)cc1. The molecule has 0 unspecified atom stereocenters. The summed E-state index contributed by atoms with van der Waals surface area (Å²) in [7, 11) is 0. The number of hydrogen-bond donors (Lipinski definition) is 1. The van der Waals surface area contributed by atoms with Gasteiger partial charge < -0.3 is 14.5 Å². The number of benzene rings is 2. The van der Waals surface area contributed by atoms with Crippen molar-refractivity contribution in [3.05, 3.63) is 87.2 Å². The van der Waals surface area contributed by atoms with E-state index in [1.807, 2.05) is 6.07 Å². The van der Waals surface area contributed by atoms with Crippen molar-refractivity contribution in [3.8, 4) is 17.4 Å². The molecule has 0 atom stereocenters. The molecule has 0 aliphatic rings. The number of ether oxygens (including phenoxy) is 1. The number of rotatable bonds is 7. The second-order valence-corrected chi connectivity index (χ2v) is 6.88. The molecule has 3 aromatic rings. The fourth-order valence-corrected chi connectivity index (χ4v) is 2.95. The van der Waals surface area contributed by atoms with Gasteiger partial charge in [-0.3, -0.25) is 14.9 Å². The topological polar surface area (TPSA) is 135 Å². The van der Waals surface area contributed by atoms with E-state index in [9.17, 15) is 25.0 Å². The largest absolute Gasteiger partial charge is 0.462 e. The van der Waals surface area contributed by atoms with Crippen LogP contribution in [0, 0.1) is 28.4 Å². The Bertz CT molecular complexity index is 1280. The van der Waals surface area contributed by atoms with Crippen LogP contribution in [0.5, 0.6) is 0 Å². The van der Waals surface area contributed by atoms with E-state index in [0.717, 1.165) is 0 Å². The van der Waals surface area contributed by atoms with Gasteiger partial charge in [0.15, 0.2) is 0 Å². The van der Waals surface area contributed by atoms with E-state index in [4.69, 9.17) is 9.15 Å². The maximum absolute atomic E-state index is 12.5. The van der Waals surface area contributed by atoms with Crippen LogP contribution in [-0.2, 0) is 9.53 Å². The highest BCUT2D eigenvalue weighted by Gasteiger charge is 2.15. The molecule has 0 fully saturated rings. The van der Waals surface area contributed by atoms with Crippen molar-refractivity contribution in [1.29, 1.82) is 5.26 Å². The molecular weight excluding hydrogens is 426 g/mol. The summed E-state index contributed by atoms with van der Waals surface area (Å²) in [6, 6.07) is 15.8. The first-order valence-electron chi connectivity index (χ1n) is 9.88. The third-order valence-electron chi connectivity index (χ3n) is 4.63. The molecule has 1 aromatic heterocycles. The minimum absolute atomic E-state index is 0.0973. The van der Waals surface area contributed by atoms with Crippen molar-refractivity contribution >= 4 is 29.3 Å². The smallest absolute Gasteiger partial charge is 0.338 e. The van der Waals surface area contributed by atoms with E-state index in [1.54, 1.807) is 50.2 Å². The molecule has 0 saturated heterocycles. The van der Waals surface area contributed by atoms with Gasteiger partial charge >= 0.3 is 5.97 Å². The molecular formula is C24H19N3O6. The molecule has 33 heavy (non-hydrogen) atoms. The number of nitrogens with one attached hydrogen (secondary N) is 1. The first kappa shape index (κ1) is 23.0. The predicted octanol–water partition coefficient (Wildman–Crippen LogP) is 4.89. The number of non-ortho nitro benzene ring substituents is 1. The van der Waals surface area contributed by atoms with E-state index in [1.165, 1.54) is 24.3 Å². The lowest BCUT2D eigenvalue weighted by molar-refractivity contribution is -0.384. The predicted molar refractivity (Wildman–Crippen MR) is 120 cm³/mol. The molecule has 0 aliphatic carbocycles. The second-order valence-electron chi connectivity index (χ2n) is 6.88. The Morgan fingerprint density at radius 2 is 1.91 bits per heavy atom. The molecule has 166 valence electrons. The van der Waals surface area contributed by atoms with E-state index < -0.39 is 16.8 Å². The number of nitro groups is 1. The quantitative estimate of drug-likeness (QED) is 0.180. The average molecular weight is 445 g/mol. The first-order chi connectivity index (χ1) is 15.8. The van der Waals surface area contributed by atoms with Gasteiger partial charge in [0.25, 0.3) is 11.6 Å². The van der Waals surface area contributed by atoms with Gasteiger partial charge in [-0.2, -0.15) is 5.26 Å². The summed E-state index contributed by atoms with van der Waals surface area (Å²) < 4.78 is 10.7. The molecule has 1 amide bonds. The fraction of sp³-hybridized carbons (Fsp3) is 0.125. The van der Waals surface area contributed by atoms with E-state index in [-0.39, 0.29) is 23.6 Å². The molecule has 1 heterocycles. The average Bonchev–Trinajstić information content (AvgIpc) is 3.27. The molecule has 0 bridgehead atoms. The van der Waals surface area contributed by atoms with Crippen molar-refractivity contribution in [2.24, 2.45) is 0 Å². The molecule has 0 radical (unpaired) electrons. The third kappa shape index (κ3) is 5.51.